The van der Waals surface area contributed by atoms with Crippen molar-refractivity contribution in [3.8, 4) is 0 Å². The molecule has 0 aliphatic heterocycles. The zero-order valence-corrected chi connectivity index (χ0v) is 10.3. The highest BCUT2D eigenvalue weighted by Gasteiger charge is 2.49. The summed E-state index contributed by atoms with van der Waals surface area (Å²) in [5.41, 5.74) is 2.97. The Balaban J connectivity index is 1.73. The van der Waals surface area contributed by atoms with Gasteiger partial charge in [0, 0.05) is 20.0 Å². The molecular weight excluding hydrogens is 200 g/mol. The van der Waals surface area contributed by atoms with Crippen LogP contribution in [0, 0.1) is 23.7 Å². The second-order valence-corrected chi connectivity index (χ2v) is 6.20. The molecule has 0 aromatic carbocycles. The number of nitrogens with zero attached hydrogens (tertiary/aromatic N) is 1. The van der Waals surface area contributed by atoms with Crippen LogP contribution in [-0.4, -0.2) is 24.0 Å². The number of nitrogens with one attached hydrogen (secondary N) is 1. The molecule has 4 fully saturated rings. The van der Waals surface area contributed by atoms with E-state index in [1.165, 1.54) is 32.1 Å². The first kappa shape index (κ1) is 10.6. The topological polar surface area (TPSA) is 32.3 Å². The van der Waals surface area contributed by atoms with Gasteiger partial charge in [-0.15, -0.1) is 0 Å². The molecule has 0 radical (unpaired) electrons. The molecule has 1 N–H and O–H groups in total. The Kier molecular flexibility index (Phi) is 2.46. The first-order chi connectivity index (χ1) is 7.63. The normalized spacial score (nSPS) is 45.1. The largest absolute Gasteiger partial charge is 0.289 e. The van der Waals surface area contributed by atoms with Crippen molar-refractivity contribution in [2.75, 3.05) is 7.05 Å². The van der Waals surface area contributed by atoms with E-state index in [0.717, 1.165) is 23.7 Å². The monoisotopic (exact) mass is 222 g/mol. The molecule has 0 aromatic rings. The van der Waals surface area contributed by atoms with E-state index in [-0.39, 0.29) is 5.91 Å². The van der Waals surface area contributed by atoms with E-state index in [1.807, 2.05) is 7.05 Å². The number of rotatable bonds is 2. The van der Waals surface area contributed by atoms with Crippen LogP contribution in [0.25, 0.3) is 0 Å². The van der Waals surface area contributed by atoms with Gasteiger partial charge in [-0.25, -0.2) is 5.01 Å². The zero-order chi connectivity index (χ0) is 11.3. The van der Waals surface area contributed by atoms with Gasteiger partial charge < -0.3 is 0 Å². The number of carbonyl (C=O) groups is 1. The Bertz CT molecular complexity index is 274. The molecule has 0 unspecified atom stereocenters. The van der Waals surface area contributed by atoms with Crippen LogP contribution in [0.15, 0.2) is 0 Å². The highest BCUT2D eigenvalue weighted by Crippen LogP contribution is 2.54. The predicted molar refractivity (Wildman–Crippen MR) is 62.4 cm³/mol. The summed E-state index contributed by atoms with van der Waals surface area (Å²) < 4.78 is 0. The molecule has 4 aliphatic rings. The third-order valence-corrected chi connectivity index (χ3v) is 4.96. The zero-order valence-electron chi connectivity index (χ0n) is 10.3. The summed E-state index contributed by atoms with van der Waals surface area (Å²) in [5.74, 6) is 3.76. The molecule has 0 saturated heterocycles. The first-order valence-corrected chi connectivity index (χ1v) is 6.63. The summed E-state index contributed by atoms with van der Waals surface area (Å²) in [5, 5.41) is 2.11. The Morgan fingerprint density at radius 2 is 1.56 bits per heavy atom. The van der Waals surface area contributed by atoms with Crippen LogP contribution in [0.4, 0.5) is 0 Å². The molecule has 0 aromatic heterocycles. The lowest BCUT2D eigenvalue weighted by atomic mass is 9.54. The fourth-order valence-electron chi connectivity index (χ4n) is 4.85. The van der Waals surface area contributed by atoms with Gasteiger partial charge in [-0.3, -0.25) is 10.2 Å². The van der Waals surface area contributed by atoms with Gasteiger partial charge in [0.05, 0.1) is 0 Å². The quantitative estimate of drug-likeness (QED) is 0.722. The van der Waals surface area contributed by atoms with Gasteiger partial charge in [0.1, 0.15) is 0 Å². The molecule has 3 heteroatoms. The van der Waals surface area contributed by atoms with Gasteiger partial charge in [-0.05, 0) is 55.8 Å². The smallest absolute Gasteiger partial charge is 0.231 e. The number of hydrogen-bond acceptors (Lipinski definition) is 2. The number of carbonyl (C=O) groups excluding carboxylic acids is 1. The minimum absolute atomic E-state index is 0.0660. The molecule has 4 saturated carbocycles. The lowest BCUT2D eigenvalue weighted by Crippen LogP contribution is -2.58. The van der Waals surface area contributed by atoms with Crippen LogP contribution in [-0.2, 0) is 4.79 Å². The number of amides is 1. The molecule has 0 spiro atoms. The fraction of sp³-hybridized carbons (Fsp3) is 0.923. The Morgan fingerprint density at radius 3 is 2.00 bits per heavy atom. The molecule has 0 atom stereocenters. The second kappa shape index (κ2) is 3.73. The van der Waals surface area contributed by atoms with Crippen molar-refractivity contribution in [2.45, 2.75) is 45.1 Å². The molecule has 4 rings (SSSR count). The van der Waals surface area contributed by atoms with E-state index in [9.17, 15) is 4.79 Å². The average Bonchev–Trinajstić information content (AvgIpc) is 2.13. The summed E-state index contributed by atoms with van der Waals surface area (Å²) in [4.78, 5) is 11.1. The Labute approximate surface area is 97.5 Å². The van der Waals surface area contributed by atoms with Gasteiger partial charge in [0.15, 0.2) is 0 Å². The van der Waals surface area contributed by atoms with E-state index in [0.29, 0.717) is 6.04 Å². The minimum atomic E-state index is 0.0660. The highest BCUT2D eigenvalue weighted by molar-refractivity contribution is 5.72. The van der Waals surface area contributed by atoms with Crippen molar-refractivity contribution in [3.63, 3.8) is 0 Å². The standard InChI is InChI=1S/C13H22N2O/c1-8(16)14-15(2)13-11-4-9-3-10(6-11)7-12(13)5-9/h9-13H,3-7H2,1-2H3,(H,14,16). The fourth-order valence-corrected chi connectivity index (χ4v) is 4.85. The minimum Gasteiger partial charge on any atom is -0.289 e. The van der Waals surface area contributed by atoms with Crippen molar-refractivity contribution in [1.29, 1.82) is 0 Å². The summed E-state index contributed by atoms with van der Waals surface area (Å²) >= 11 is 0. The molecule has 0 heterocycles. The summed E-state index contributed by atoms with van der Waals surface area (Å²) in [6.45, 7) is 1.60. The first-order valence-electron chi connectivity index (χ1n) is 6.63. The lowest BCUT2D eigenvalue weighted by Gasteiger charge is -2.56. The number of hydrazine groups is 1. The van der Waals surface area contributed by atoms with Crippen molar-refractivity contribution in [3.05, 3.63) is 0 Å². The third kappa shape index (κ3) is 1.65. The SMILES string of the molecule is CC(=O)NN(C)C1C2CC3CC(C2)CC1C3. The Morgan fingerprint density at radius 1 is 1.06 bits per heavy atom. The maximum absolute atomic E-state index is 11.1. The predicted octanol–water partition coefficient (Wildman–Crippen LogP) is 1.79. The van der Waals surface area contributed by atoms with E-state index in [2.05, 4.69) is 10.4 Å². The van der Waals surface area contributed by atoms with Crippen LogP contribution in [0.5, 0.6) is 0 Å². The van der Waals surface area contributed by atoms with Crippen LogP contribution in [0.2, 0.25) is 0 Å². The average molecular weight is 222 g/mol. The van der Waals surface area contributed by atoms with Gasteiger partial charge >= 0.3 is 0 Å². The van der Waals surface area contributed by atoms with Crippen molar-refractivity contribution in [1.82, 2.24) is 10.4 Å². The molecule has 1 amide bonds. The molecule has 3 nitrogen and oxygen atoms in total. The van der Waals surface area contributed by atoms with Crippen molar-refractivity contribution in [2.24, 2.45) is 23.7 Å². The maximum atomic E-state index is 11.1. The molecule has 90 valence electrons. The highest BCUT2D eigenvalue weighted by atomic mass is 16.2. The van der Waals surface area contributed by atoms with Crippen LogP contribution in [0.1, 0.15) is 39.0 Å². The summed E-state index contributed by atoms with van der Waals surface area (Å²) in [6.07, 6.45) is 7.11. The molecule has 16 heavy (non-hydrogen) atoms. The van der Waals surface area contributed by atoms with Crippen molar-refractivity contribution < 1.29 is 4.79 Å². The van der Waals surface area contributed by atoms with E-state index in [1.54, 1.807) is 6.92 Å². The second-order valence-electron chi connectivity index (χ2n) is 6.20. The van der Waals surface area contributed by atoms with E-state index in [4.69, 9.17) is 0 Å². The summed E-state index contributed by atoms with van der Waals surface area (Å²) in [6, 6.07) is 0.608. The van der Waals surface area contributed by atoms with Gasteiger partial charge in [-0.1, -0.05) is 0 Å². The number of hydrogen-bond donors (Lipinski definition) is 1. The Hall–Kier alpha value is -0.570. The van der Waals surface area contributed by atoms with Crippen LogP contribution in [0.3, 0.4) is 0 Å². The van der Waals surface area contributed by atoms with Crippen LogP contribution < -0.4 is 5.43 Å². The maximum Gasteiger partial charge on any atom is 0.231 e. The van der Waals surface area contributed by atoms with Crippen LogP contribution >= 0.6 is 0 Å². The van der Waals surface area contributed by atoms with Gasteiger partial charge in [0.25, 0.3) is 0 Å². The van der Waals surface area contributed by atoms with Crippen molar-refractivity contribution >= 4 is 5.91 Å². The van der Waals surface area contributed by atoms with E-state index < -0.39 is 0 Å². The molecular formula is C13H22N2O. The lowest BCUT2D eigenvalue weighted by molar-refractivity contribution is -0.129. The molecule has 4 aliphatic carbocycles. The van der Waals surface area contributed by atoms with Gasteiger partial charge in [0.2, 0.25) is 5.91 Å². The third-order valence-electron chi connectivity index (χ3n) is 4.96. The molecule has 4 bridgehead atoms. The summed E-state index contributed by atoms with van der Waals surface area (Å²) in [7, 11) is 2.05. The van der Waals surface area contributed by atoms with E-state index >= 15 is 0 Å². The van der Waals surface area contributed by atoms with Gasteiger partial charge in [-0.2, -0.15) is 0 Å².